The Hall–Kier alpha value is -3.15. The van der Waals surface area contributed by atoms with Crippen LogP contribution in [0.3, 0.4) is 0 Å². The van der Waals surface area contributed by atoms with Crippen LogP contribution in [0, 0.1) is 15.5 Å². The lowest BCUT2D eigenvalue weighted by Crippen LogP contribution is -2.26. The minimum Gasteiger partial charge on any atom is -0.494 e. The standard InChI is InChI=1S/C26H33NO5/c1-4-26(2,3)25(28)32-20-8-6-5-7-19-31-24-17-13-22(14-18-24)10-9-21-11-15-23(16-12-21)27(29)30/h9-18H,4-8,19-20H2,1-3H3. The molecule has 0 heterocycles. The number of carbonyl (C=O) groups excluding carboxylic acids is 1. The zero-order valence-electron chi connectivity index (χ0n) is 19.2. The molecule has 0 unspecified atom stereocenters. The van der Waals surface area contributed by atoms with Crippen molar-refractivity contribution in [3.05, 3.63) is 69.8 Å². The molecule has 0 amide bonds. The topological polar surface area (TPSA) is 78.7 Å². The number of hydrogen-bond acceptors (Lipinski definition) is 5. The van der Waals surface area contributed by atoms with Gasteiger partial charge >= 0.3 is 5.97 Å². The Morgan fingerprint density at radius 1 is 0.906 bits per heavy atom. The number of unbranched alkanes of at least 4 members (excludes halogenated alkanes) is 3. The molecule has 32 heavy (non-hydrogen) atoms. The number of nitro groups is 1. The molecule has 0 aliphatic rings. The first-order valence-corrected chi connectivity index (χ1v) is 11.1. The highest BCUT2D eigenvalue weighted by Crippen LogP contribution is 2.21. The van der Waals surface area contributed by atoms with E-state index < -0.39 is 10.3 Å². The third-order valence-electron chi connectivity index (χ3n) is 5.43. The Morgan fingerprint density at radius 3 is 1.97 bits per heavy atom. The first-order chi connectivity index (χ1) is 15.3. The molecule has 0 aliphatic heterocycles. The number of esters is 1. The van der Waals surface area contributed by atoms with Gasteiger partial charge in [0, 0.05) is 12.1 Å². The zero-order valence-corrected chi connectivity index (χ0v) is 19.2. The summed E-state index contributed by atoms with van der Waals surface area (Å²) in [5, 5.41) is 10.7. The number of nitrogens with zero attached hydrogens (tertiary/aromatic N) is 1. The molecular weight excluding hydrogens is 406 g/mol. The molecule has 2 rings (SSSR count). The largest absolute Gasteiger partial charge is 0.494 e. The summed E-state index contributed by atoms with van der Waals surface area (Å²) in [5.74, 6) is 0.711. The predicted octanol–water partition coefficient (Wildman–Crippen LogP) is 6.68. The smallest absolute Gasteiger partial charge is 0.311 e. The fraction of sp³-hybridized carbons (Fsp3) is 0.423. The van der Waals surface area contributed by atoms with Crippen molar-refractivity contribution in [2.24, 2.45) is 5.41 Å². The van der Waals surface area contributed by atoms with Gasteiger partial charge in [-0.15, -0.1) is 0 Å². The second-order valence-electron chi connectivity index (χ2n) is 8.39. The molecule has 6 heteroatoms. The number of nitro benzene ring substituents is 1. The fourth-order valence-electron chi connectivity index (χ4n) is 2.83. The summed E-state index contributed by atoms with van der Waals surface area (Å²) in [5.41, 5.74) is 1.61. The van der Waals surface area contributed by atoms with Crippen molar-refractivity contribution in [2.45, 2.75) is 52.9 Å². The fourth-order valence-corrected chi connectivity index (χ4v) is 2.83. The first kappa shape index (κ1) is 25.1. The molecule has 0 bridgehead atoms. The average Bonchev–Trinajstić information content (AvgIpc) is 2.80. The molecule has 0 radical (unpaired) electrons. The highest BCUT2D eigenvalue weighted by Gasteiger charge is 2.26. The Kier molecular flexibility index (Phi) is 9.92. The number of non-ortho nitro benzene ring substituents is 1. The summed E-state index contributed by atoms with van der Waals surface area (Å²) >= 11 is 0. The van der Waals surface area contributed by atoms with Crippen LogP contribution in [0.4, 0.5) is 5.69 Å². The summed E-state index contributed by atoms with van der Waals surface area (Å²) < 4.78 is 11.1. The van der Waals surface area contributed by atoms with E-state index in [4.69, 9.17) is 9.47 Å². The molecule has 0 N–H and O–H groups in total. The molecule has 6 nitrogen and oxygen atoms in total. The van der Waals surface area contributed by atoms with Crippen molar-refractivity contribution in [3.8, 4) is 5.75 Å². The van der Waals surface area contributed by atoms with Crippen LogP contribution >= 0.6 is 0 Å². The summed E-state index contributed by atoms with van der Waals surface area (Å²) in [6.45, 7) is 6.95. The van der Waals surface area contributed by atoms with E-state index in [1.54, 1.807) is 12.1 Å². The third kappa shape index (κ3) is 8.53. The summed E-state index contributed by atoms with van der Waals surface area (Å²) in [6.07, 6.45) is 8.53. The minimum atomic E-state index is -0.405. The van der Waals surface area contributed by atoms with Crippen LogP contribution < -0.4 is 4.74 Å². The lowest BCUT2D eigenvalue weighted by Gasteiger charge is -2.20. The second-order valence-corrected chi connectivity index (χ2v) is 8.39. The average molecular weight is 440 g/mol. The Labute approximate surface area is 190 Å². The van der Waals surface area contributed by atoms with Gasteiger partial charge in [-0.1, -0.05) is 31.2 Å². The maximum atomic E-state index is 11.9. The van der Waals surface area contributed by atoms with Gasteiger partial charge in [-0.2, -0.15) is 0 Å². The van der Waals surface area contributed by atoms with E-state index in [9.17, 15) is 14.9 Å². The van der Waals surface area contributed by atoms with E-state index in [-0.39, 0.29) is 11.7 Å². The summed E-state index contributed by atoms with van der Waals surface area (Å²) in [6, 6.07) is 14.3. The van der Waals surface area contributed by atoms with Gasteiger partial charge in [0.25, 0.3) is 5.69 Å². The molecule has 0 aromatic heterocycles. The molecule has 0 aliphatic carbocycles. The number of carbonyl (C=O) groups is 1. The van der Waals surface area contributed by atoms with Crippen LogP contribution in [0.1, 0.15) is 64.0 Å². The van der Waals surface area contributed by atoms with Crippen molar-refractivity contribution >= 4 is 23.8 Å². The number of rotatable bonds is 13. The van der Waals surface area contributed by atoms with E-state index in [1.165, 1.54) is 12.1 Å². The lowest BCUT2D eigenvalue weighted by atomic mass is 9.91. The molecule has 0 fully saturated rings. The van der Waals surface area contributed by atoms with Crippen molar-refractivity contribution in [1.29, 1.82) is 0 Å². The molecule has 0 atom stereocenters. The SMILES string of the molecule is CCC(C)(C)C(=O)OCCCCCCOc1ccc(C=Cc2ccc([N+](=O)[O-])cc2)cc1. The van der Waals surface area contributed by atoms with Gasteiger partial charge in [0.05, 0.1) is 23.6 Å². The normalized spacial score (nSPS) is 11.5. The van der Waals surface area contributed by atoms with Crippen LogP contribution in [-0.4, -0.2) is 24.1 Å². The van der Waals surface area contributed by atoms with Gasteiger partial charge in [-0.3, -0.25) is 14.9 Å². The van der Waals surface area contributed by atoms with Crippen molar-refractivity contribution in [2.75, 3.05) is 13.2 Å². The number of ether oxygens (including phenoxy) is 2. The molecular formula is C26H33NO5. The molecule has 2 aromatic rings. The van der Waals surface area contributed by atoms with E-state index in [0.717, 1.165) is 49.0 Å². The van der Waals surface area contributed by atoms with Gasteiger partial charge in [0.1, 0.15) is 5.75 Å². The zero-order chi connectivity index (χ0) is 23.4. The molecule has 0 saturated carbocycles. The van der Waals surface area contributed by atoms with Crippen LogP contribution in [0.15, 0.2) is 48.5 Å². The first-order valence-electron chi connectivity index (χ1n) is 11.1. The maximum Gasteiger partial charge on any atom is 0.311 e. The van der Waals surface area contributed by atoms with Crippen molar-refractivity contribution in [3.63, 3.8) is 0 Å². The summed E-state index contributed by atoms with van der Waals surface area (Å²) in [4.78, 5) is 22.2. The maximum absolute atomic E-state index is 11.9. The van der Waals surface area contributed by atoms with Crippen LogP contribution in [0.25, 0.3) is 12.2 Å². The number of hydrogen-bond donors (Lipinski definition) is 0. The van der Waals surface area contributed by atoms with Gasteiger partial charge in [-0.25, -0.2) is 0 Å². The minimum absolute atomic E-state index is 0.0862. The number of benzene rings is 2. The quantitative estimate of drug-likeness (QED) is 0.114. The summed E-state index contributed by atoms with van der Waals surface area (Å²) in [7, 11) is 0. The van der Waals surface area contributed by atoms with Crippen LogP contribution in [0.2, 0.25) is 0 Å². The second kappa shape index (κ2) is 12.6. The van der Waals surface area contributed by atoms with Gasteiger partial charge in [-0.05, 0) is 81.3 Å². The monoisotopic (exact) mass is 439 g/mol. The van der Waals surface area contributed by atoms with Crippen molar-refractivity contribution in [1.82, 2.24) is 0 Å². The van der Waals surface area contributed by atoms with E-state index in [2.05, 4.69) is 0 Å². The van der Waals surface area contributed by atoms with Gasteiger partial charge in [0.15, 0.2) is 0 Å². The Morgan fingerprint density at radius 2 is 1.44 bits per heavy atom. The highest BCUT2D eigenvalue weighted by atomic mass is 16.6. The Bertz CT molecular complexity index is 885. The molecule has 172 valence electrons. The molecule has 0 saturated heterocycles. The van der Waals surface area contributed by atoms with Crippen LogP contribution in [-0.2, 0) is 9.53 Å². The predicted molar refractivity (Wildman–Crippen MR) is 127 cm³/mol. The third-order valence-corrected chi connectivity index (χ3v) is 5.43. The van der Waals surface area contributed by atoms with E-state index >= 15 is 0 Å². The molecule has 0 spiro atoms. The van der Waals surface area contributed by atoms with Gasteiger partial charge in [0.2, 0.25) is 0 Å². The van der Waals surface area contributed by atoms with Crippen LogP contribution in [0.5, 0.6) is 5.75 Å². The lowest BCUT2D eigenvalue weighted by molar-refractivity contribution is -0.384. The van der Waals surface area contributed by atoms with Gasteiger partial charge < -0.3 is 9.47 Å². The van der Waals surface area contributed by atoms with E-state index in [1.807, 2.05) is 57.2 Å². The van der Waals surface area contributed by atoms with E-state index in [0.29, 0.717) is 13.2 Å². The Balaban J connectivity index is 1.62. The highest BCUT2D eigenvalue weighted by molar-refractivity contribution is 5.75. The van der Waals surface area contributed by atoms with Crippen molar-refractivity contribution < 1.29 is 19.2 Å². The molecule has 2 aromatic carbocycles.